The first-order valence-electron chi connectivity index (χ1n) is 10.7. The van der Waals surface area contributed by atoms with Gasteiger partial charge in [0.1, 0.15) is 5.82 Å². The number of nitrogens with one attached hydrogen (secondary N) is 1. The molecule has 0 fully saturated rings. The van der Waals surface area contributed by atoms with Crippen molar-refractivity contribution >= 4 is 35.5 Å². The molecule has 4 rings (SSSR count). The molecule has 0 aliphatic carbocycles. The van der Waals surface area contributed by atoms with Crippen molar-refractivity contribution in [3.63, 3.8) is 0 Å². The Labute approximate surface area is 207 Å². The molecule has 1 heterocycles. The van der Waals surface area contributed by atoms with E-state index in [1.165, 1.54) is 12.1 Å². The molecule has 0 atom stereocenters. The van der Waals surface area contributed by atoms with Gasteiger partial charge in [-0.05, 0) is 86.1 Å². The number of carbonyl (C=O) groups excluding carboxylic acids is 1. The predicted octanol–water partition coefficient (Wildman–Crippen LogP) is 6.94. The molecular formula is C27H23ClFN3OS. The average molecular weight is 492 g/mol. The fraction of sp³-hybridized carbons (Fsp3) is 0.111. The first-order valence-corrected chi connectivity index (χ1v) is 12.0. The van der Waals surface area contributed by atoms with Crippen molar-refractivity contribution in [2.24, 2.45) is 5.10 Å². The Kier molecular flexibility index (Phi) is 7.50. The zero-order chi connectivity index (χ0) is 24.1. The van der Waals surface area contributed by atoms with Crippen LogP contribution in [0.1, 0.15) is 32.9 Å². The summed E-state index contributed by atoms with van der Waals surface area (Å²) < 4.78 is 15.3. The van der Waals surface area contributed by atoms with E-state index in [0.717, 1.165) is 43.9 Å². The molecule has 0 unspecified atom stereocenters. The standard InChI is InChI=1S/C27H23ClFN3OS/c1-18-15-22(19(2)32(18)25-11-9-24(29)10-12-25)16-30-31-27(33)21-5-3-20(4-6-21)17-34-26-13-7-23(28)8-14-26/h3-16H,17H2,1-2H3,(H,31,33)/b30-16+. The molecule has 0 aliphatic rings. The molecule has 0 bridgehead atoms. The van der Waals surface area contributed by atoms with Crippen molar-refractivity contribution in [2.75, 3.05) is 0 Å². The molecule has 0 radical (unpaired) electrons. The Morgan fingerprint density at radius 2 is 1.71 bits per heavy atom. The zero-order valence-electron chi connectivity index (χ0n) is 18.8. The summed E-state index contributed by atoms with van der Waals surface area (Å²) in [7, 11) is 0. The summed E-state index contributed by atoms with van der Waals surface area (Å²) in [6, 6.07) is 23.5. The monoisotopic (exact) mass is 491 g/mol. The molecule has 34 heavy (non-hydrogen) atoms. The molecule has 172 valence electrons. The first kappa shape index (κ1) is 23.8. The van der Waals surface area contributed by atoms with Crippen LogP contribution >= 0.6 is 23.4 Å². The number of nitrogens with zero attached hydrogens (tertiary/aromatic N) is 2. The summed E-state index contributed by atoms with van der Waals surface area (Å²) >= 11 is 7.63. The second-order valence-corrected chi connectivity index (χ2v) is 9.26. The third-order valence-electron chi connectivity index (χ3n) is 5.36. The largest absolute Gasteiger partial charge is 0.318 e. The van der Waals surface area contributed by atoms with Crippen LogP contribution in [0.25, 0.3) is 5.69 Å². The van der Waals surface area contributed by atoms with Crippen molar-refractivity contribution in [1.82, 2.24) is 9.99 Å². The molecule has 7 heteroatoms. The fourth-order valence-electron chi connectivity index (χ4n) is 3.58. The van der Waals surface area contributed by atoms with Crippen LogP contribution in [-0.4, -0.2) is 16.7 Å². The number of carbonyl (C=O) groups is 1. The second-order valence-electron chi connectivity index (χ2n) is 7.78. The lowest BCUT2D eigenvalue weighted by Crippen LogP contribution is -2.17. The maximum Gasteiger partial charge on any atom is 0.271 e. The maximum atomic E-state index is 13.3. The lowest BCUT2D eigenvalue weighted by molar-refractivity contribution is 0.0955. The van der Waals surface area contributed by atoms with Crippen LogP contribution in [-0.2, 0) is 5.75 Å². The van der Waals surface area contributed by atoms with Gasteiger partial charge in [-0.2, -0.15) is 5.10 Å². The highest BCUT2D eigenvalue weighted by Crippen LogP contribution is 2.24. The van der Waals surface area contributed by atoms with Crippen LogP contribution in [0.15, 0.2) is 88.9 Å². The Balaban J connectivity index is 1.36. The van der Waals surface area contributed by atoms with Gasteiger partial charge in [-0.15, -0.1) is 11.8 Å². The van der Waals surface area contributed by atoms with E-state index in [1.54, 1.807) is 42.2 Å². The number of thioether (sulfide) groups is 1. The lowest BCUT2D eigenvalue weighted by Gasteiger charge is -2.09. The molecule has 0 aliphatic heterocycles. The third-order valence-corrected chi connectivity index (χ3v) is 6.70. The van der Waals surface area contributed by atoms with Gasteiger partial charge < -0.3 is 4.57 Å². The molecule has 4 nitrogen and oxygen atoms in total. The number of rotatable bonds is 7. The van der Waals surface area contributed by atoms with Gasteiger partial charge in [0.2, 0.25) is 0 Å². The second kappa shape index (κ2) is 10.7. The minimum Gasteiger partial charge on any atom is -0.318 e. The highest BCUT2D eigenvalue weighted by molar-refractivity contribution is 7.98. The molecule has 0 spiro atoms. The zero-order valence-corrected chi connectivity index (χ0v) is 20.3. The number of hydrogen-bond acceptors (Lipinski definition) is 3. The quantitative estimate of drug-likeness (QED) is 0.173. The molecule has 1 N–H and O–H groups in total. The first-order chi connectivity index (χ1) is 16.4. The molecule has 1 amide bonds. The molecule has 0 saturated carbocycles. The van der Waals surface area contributed by atoms with E-state index in [4.69, 9.17) is 11.6 Å². The molecule has 3 aromatic carbocycles. The number of hydrazone groups is 1. The number of hydrogen-bond donors (Lipinski definition) is 1. The molecule has 4 aromatic rings. The Hall–Kier alpha value is -3.35. The van der Waals surface area contributed by atoms with Crippen LogP contribution in [0.4, 0.5) is 4.39 Å². The van der Waals surface area contributed by atoms with Crippen molar-refractivity contribution < 1.29 is 9.18 Å². The maximum absolute atomic E-state index is 13.3. The van der Waals surface area contributed by atoms with Gasteiger partial charge in [0.15, 0.2) is 0 Å². The van der Waals surface area contributed by atoms with Crippen molar-refractivity contribution in [2.45, 2.75) is 24.5 Å². The number of aromatic nitrogens is 1. The number of halogens is 2. The number of amides is 1. The van der Waals surface area contributed by atoms with Gasteiger partial charge in [-0.25, -0.2) is 9.82 Å². The summed E-state index contributed by atoms with van der Waals surface area (Å²) in [5, 5.41) is 4.85. The van der Waals surface area contributed by atoms with E-state index in [9.17, 15) is 9.18 Å². The minimum absolute atomic E-state index is 0.274. The Morgan fingerprint density at radius 1 is 1.03 bits per heavy atom. The van der Waals surface area contributed by atoms with Crippen molar-refractivity contribution in [3.05, 3.63) is 118 Å². The molecule has 1 aromatic heterocycles. The van der Waals surface area contributed by atoms with Gasteiger partial charge in [0, 0.05) is 43.9 Å². The van der Waals surface area contributed by atoms with Gasteiger partial charge >= 0.3 is 0 Å². The summed E-state index contributed by atoms with van der Waals surface area (Å²) in [5.41, 5.74) is 7.92. The van der Waals surface area contributed by atoms with E-state index in [2.05, 4.69) is 10.5 Å². The van der Waals surface area contributed by atoms with Gasteiger partial charge in [0.05, 0.1) is 6.21 Å². The highest BCUT2D eigenvalue weighted by Gasteiger charge is 2.10. The van der Waals surface area contributed by atoms with Gasteiger partial charge in [0.25, 0.3) is 5.91 Å². The van der Waals surface area contributed by atoms with Crippen molar-refractivity contribution in [3.8, 4) is 5.69 Å². The average Bonchev–Trinajstić information content (AvgIpc) is 3.12. The summed E-state index contributed by atoms with van der Waals surface area (Å²) in [6.45, 7) is 3.93. The van der Waals surface area contributed by atoms with Crippen LogP contribution < -0.4 is 5.43 Å². The Bertz CT molecular complexity index is 1310. The smallest absolute Gasteiger partial charge is 0.271 e. The van der Waals surface area contributed by atoms with Gasteiger partial charge in [-0.3, -0.25) is 4.79 Å². The SMILES string of the molecule is Cc1cc(/C=N/NC(=O)c2ccc(CSc3ccc(Cl)cc3)cc2)c(C)n1-c1ccc(F)cc1. The summed E-state index contributed by atoms with van der Waals surface area (Å²) in [4.78, 5) is 13.6. The number of benzene rings is 3. The molecule has 0 saturated heterocycles. The number of aryl methyl sites for hydroxylation is 1. The van der Waals surface area contributed by atoms with Crippen LogP contribution in [0, 0.1) is 19.7 Å². The normalized spacial score (nSPS) is 11.2. The van der Waals surface area contributed by atoms with E-state index < -0.39 is 0 Å². The van der Waals surface area contributed by atoms with E-state index in [-0.39, 0.29) is 11.7 Å². The van der Waals surface area contributed by atoms with Crippen LogP contribution in [0.3, 0.4) is 0 Å². The van der Waals surface area contributed by atoms with E-state index in [1.807, 2.05) is 60.9 Å². The van der Waals surface area contributed by atoms with Crippen molar-refractivity contribution in [1.29, 1.82) is 0 Å². The van der Waals surface area contributed by atoms with Gasteiger partial charge in [-0.1, -0.05) is 23.7 Å². The molecular weight excluding hydrogens is 469 g/mol. The highest BCUT2D eigenvalue weighted by atomic mass is 35.5. The van der Waals surface area contributed by atoms with E-state index >= 15 is 0 Å². The Morgan fingerprint density at radius 3 is 2.38 bits per heavy atom. The fourth-order valence-corrected chi connectivity index (χ4v) is 4.56. The lowest BCUT2D eigenvalue weighted by atomic mass is 10.1. The summed E-state index contributed by atoms with van der Waals surface area (Å²) in [6.07, 6.45) is 1.62. The summed E-state index contributed by atoms with van der Waals surface area (Å²) in [5.74, 6) is 0.246. The van der Waals surface area contributed by atoms with Crippen LogP contribution in [0.5, 0.6) is 0 Å². The minimum atomic E-state index is -0.277. The van der Waals surface area contributed by atoms with E-state index in [0.29, 0.717) is 5.56 Å². The third kappa shape index (κ3) is 5.76. The topological polar surface area (TPSA) is 46.4 Å². The van der Waals surface area contributed by atoms with Crippen LogP contribution in [0.2, 0.25) is 5.02 Å². The predicted molar refractivity (Wildman–Crippen MR) is 138 cm³/mol.